The summed E-state index contributed by atoms with van der Waals surface area (Å²) in [4.78, 5) is 26.5. The minimum Gasteiger partial charge on any atom is -0.507 e. The average Bonchev–Trinajstić information content (AvgIpc) is 1.41. The maximum absolute atomic E-state index is 13.3. The molecule has 0 aliphatic carbocycles. The highest BCUT2D eigenvalue weighted by molar-refractivity contribution is 5.89. The van der Waals surface area contributed by atoms with E-state index in [0.29, 0.717) is 5.56 Å². The molecule has 4 saturated heterocycles. The molecule has 0 bridgehead atoms. The Labute approximate surface area is 484 Å². The number of aromatic hydroxyl groups is 5. The van der Waals surface area contributed by atoms with Crippen LogP contribution in [0.1, 0.15) is 11.1 Å². The lowest BCUT2D eigenvalue weighted by molar-refractivity contribution is -0.345. The summed E-state index contributed by atoms with van der Waals surface area (Å²) < 4.78 is 64.1. The van der Waals surface area contributed by atoms with Crippen LogP contribution in [0.2, 0.25) is 0 Å². The summed E-state index contributed by atoms with van der Waals surface area (Å²) in [6.45, 7) is -3.03. The standard InChI is InChI=1S/C56H60O30/c57-18-36-42(68)45(71)48(74)53(82-36)78-26-7-1-22(2-8-26)4-11-39(65)76-21-38-44(70)47(73)52(86-55-51(41(67)32(64)20-77-55)85-40(66)12-5-23-3-9-28(60)30(62)13-23)56(84-38)81-35-17-27-33(79-50(35)24-6-10-29(61)31(63)14-24)15-25(59)16-34(27)80-54-49(75)46(72)43(69)37(19-58)83-54/h1-17,32,36-38,41-49,51-58,64,67-75H,18-21H2,(H4-,59,60,61,62,63,66)/p+1/b11-4+/t32-,36-,37-,38-,41+,42-,43-,44-,45+,46+,47+,48-,49-,51-,52-,53-,54-,55+,56-/m1/s1. The van der Waals surface area contributed by atoms with Gasteiger partial charge < -0.3 is 134 Å². The van der Waals surface area contributed by atoms with E-state index in [-0.39, 0.29) is 39.4 Å². The van der Waals surface area contributed by atoms with Crippen LogP contribution >= 0.6 is 0 Å². The Bertz CT molecular complexity index is 3230. The first-order valence-corrected chi connectivity index (χ1v) is 26.3. The lowest BCUT2D eigenvalue weighted by Gasteiger charge is -2.45. The third kappa shape index (κ3) is 14.0. The minimum atomic E-state index is -2.18. The molecule has 4 aliphatic rings. The van der Waals surface area contributed by atoms with Gasteiger partial charge in [-0.1, -0.05) is 18.2 Å². The van der Waals surface area contributed by atoms with E-state index in [9.17, 15) is 96.4 Å². The Hall–Kier alpha value is -7.57. The normalized spacial score (nSPS) is 32.3. The van der Waals surface area contributed by atoms with Gasteiger partial charge in [-0.3, -0.25) is 0 Å². The molecule has 464 valence electrons. The first-order valence-electron chi connectivity index (χ1n) is 26.3. The topological polar surface area (TPSA) is 482 Å². The van der Waals surface area contributed by atoms with Crippen LogP contribution in [0.15, 0.2) is 95.4 Å². The molecular formula is C56H61O30+. The predicted octanol–water partition coefficient (Wildman–Crippen LogP) is -2.56. The van der Waals surface area contributed by atoms with Gasteiger partial charge in [-0.25, -0.2) is 14.0 Å². The number of phenolic OH excluding ortho intramolecular Hbond substituents is 5. The van der Waals surface area contributed by atoms with Crippen molar-refractivity contribution in [2.45, 2.75) is 117 Å². The zero-order valence-electron chi connectivity index (χ0n) is 44.5. The van der Waals surface area contributed by atoms with Crippen molar-refractivity contribution in [3.8, 4) is 57.3 Å². The fourth-order valence-electron chi connectivity index (χ4n) is 9.40. The average molecular weight is 1210 g/mol. The number of aliphatic hydroxyl groups excluding tert-OH is 12. The number of rotatable bonds is 18. The van der Waals surface area contributed by atoms with E-state index in [1.807, 2.05) is 0 Å². The quantitative estimate of drug-likeness (QED) is 0.0186. The van der Waals surface area contributed by atoms with Crippen LogP contribution < -0.4 is 14.2 Å². The highest BCUT2D eigenvalue weighted by Gasteiger charge is 2.53. The summed E-state index contributed by atoms with van der Waals surface area (Å²) in [5.74, 6) is -6.03. The van der Waals surface area contributed by atoms with E-state index in [1.165, 1.54) is 54.6 Å². The number of esters is 2. The molecule has 19 atom stereocenters. The van der Waals surface area contributed by atoms with E-state index in [2.05, 4.69) is 0 Å². The summed E-state index contributed by atoms with van der Waals surface area (Å²) in [6.07, 6.45) is -30.0. The Morgan fingerprint density at radius 1 is 0.523 bits per heavy atom. The summed E-state index contributed by atoms with van der Waals surface area (Å²) in [5, 5.41) is 179. The number of phenols is 5. The molecule has 1 aromatic heterocycles. The monoisotopic (exact) mass is 1210 g/mol. The molecule has 4 aromatic carbocycles. The Morgan fingerprint density at radius 2 is 1.09 bits per heavy atom. The molecule has 0 amide bonds. The maximum Gasteiger partial charge on any atom is 0.402 e. The predicted molar refractivity (Wildman–Crippen MR) is 283 cm³/mol. The fourth-order valence-corrected chi connectivity index (χ4v) is 9.40. The van der Waals surface area contributed by atoms with Gasteiger partial charge in [0.05, 0.1) is 31.5 Å². The number of hydrogen-bond donors (Lipinski definition) is 17. The maximum atomic E-state index is 13.3. The number of benzene rings is 4. The van der Waals surface area contributed by atoms with Crippen molar-refractivity contribution >= 4 is 35.1 Å². The number of ether oxygens (including phenoxy) is 10. The Balaban J connectivity index is 1.02. The summed E-state index contributed by atoms with van der Waals surface area (Å²) in [7, 11) is 0. The van der Waals surface area contributed by atoms with Crippen molar-refractivity contribution < 1.29 is 148 Å². The van der Waals surface area contributed by atoms with Crippen molar-refractivity contribution in [3.63, 3.8) is 0 Å². The molecule has 4 aliphatic heterocycles. The van der Waals surface area contributed by atoms with E-state index in [4.69, 9.17) is 51.8 Å². The molecule has 0 saturated carbocycles. The van der Waals surface area contributed by atoms with Gasteiger partial charge in [0.25, 0.3) is 0 Å². The van der Waals surface area contributed by atoms with Crippen molar-refractivity contribution in [3.05, 3.63) is 102 Å². The molecule has 0 unspecified atom stereocenters. The number of hydrogen-bond acceptors (Lipinski definition) is 29. The third-order valence-corrected chi connectivity index (χ3v) is 14.2. The summed E-state index contributed by atoms with van der Waals surface area (Å²) in [5.41, 5.74) is 0.304. The minimum absolute atomic E-state index is 0.0608. The van der Waals surface area contributed by atoms with Crippen LogP contribution in [0.3, 0.4) is 0 Å². The first-order chi connectivity index (χ1) is 41.0. The molecule has 30 heteroatoms. The van der Waals surface area contributed by atoms with Crippen LogP contribution in [-0.2, 0) is 42.7 Å². The molecule has 17 N–H and O–H groups in total. The van der Waals surface area contributed by atoms with Crippen molar-refractivity contribution in [2.75, 3.05) is 26.4 Å². The number of carbonyl (C=O) groups is 2. The molecule has 4 fully saturated rings. The van der Waals surface area contributed by atoms with Gasteiger partial charge in [-0.2, -0.15) is 0 Å². The second-order valence-corrected chi connectivity index (χ2v) is 20.1. The highest BCUT2D eigenvalue weighted by atomic mass is 16.8. The summed E-state index contributed by atoms with van der Waals surface area (Å²) in [6, 6.07) is 16.0. The first kappa shape index (κ1) is 62.9. The molecule has 5 aromatic rings. The number of fused-ring (bicyclic) bond motifs is 1. The van der Waals surface area contributed by atoms with Gasteiger partial charge in [0.15, 0.2) is 41.5 Å². The SMILES string of the molecule is O=C(C=Cc1ccc(O)c(O)c1)O[C@H]1[C@H](O[C@H]2[C@H](Oc3cc4c(O[C@@H]5O[C@H](CO)[C@@H](O)[C@H](O)[C@H]5O)cc(O)cc4[o+]c3-c3ccc(O)c(O)c3)O[C@H](COC(=O)/C=C/c3ccc(O[C@@H]4O[C@H](CO)[C@@H](O)[C@H](O)[C@H]4O)cc3)[C@@H](O)[C@@H]2O)OC[C@@H](O)[C@@H]1O. The Morgan fingerprint density at radius 3 is 1.73 bits per heavy atom. The van der Waals surface area contributed by atoms with Gasteiger partial charge in [-0.15, -0.1) is 0 Å². The van der Waals surface area contributed by atoms with Crippen LogP contribution in [0.4, 0.5) is 0 Å². The molecule has 0 spiro atoms. The van der Waals surface area contributed by atoms with Gasteiger partial charge in [-0.05, 0) is 59.7 Å². The van der Waals surface area contributed by atoms with Crippen LogP contribution in [0.5, 0.6) is 46.0 Å². The van der Waals surface area contributed by atoms with Crippen molar-refractivity contribution in [1.29, 1.82) is 0 Å². The van der Waals surface area contributed by atoms with Crippen molar-refractivity contribution in [2.24, 2.45) is 0 Å². The molecular weight excluding hydrogens is 1150 g/mol. The fraction of sp³-hybridized carbons (Fsp3) is 0.411. The largest absolute Gasteiger partial charge is 0.507 e. The third-order valence-electron chi connectivity index (χ3n) is 14.2. The van der Waals surface area contributed by atoms with E-state index >= 15 is 0 Å². The molecule has 0 radical (unpaired) electrons. The van der Waals surface area contributed by atoms with Crippen LogP contribution in [0, 0.1) is 0 Å². The zero-order valence-corrected chi connectivity index (χ0v) is 44.5. The molecule has 9 rings (SSSR count). The van der Waals surface area contributed by atoms with E-state index in [0.717, 1.165) is 48.6 Å². The molecule has 86 heavy (non-hydrogen) atoms. The molecule has 30 nitrogen and oxygen atoms in total. The van der Waals surface area contributed by atoms with Gasteiger partial charge in [0, 0.05) is 30.4 Å². The van der Waals surface area contributed by atoms with E-state index in [1.54, 1.807) is 0 Å². The van der Waals surface area contributed by atoms with Gasteiger partial charge in [0.1, 0.15) is 109 Å². The van der Waals surface area contributed by atoms with Gasteiger partial charge >= 0.3 is 23.3 Å². The Kier molecular flexibility index (Phi) is 19.8. The van der Waals surface area contributed by atoms with Crippen molar-refractivity contribution in [1.82, 2.24) is 0 Å². The van der Waals surface area contributed by atoms with Crippen LogP contribution in [0.25, 0.3) is 34.4 Å². The second kappa shape index (κ2) is 27.0. The van der Waals surface area contributed by atoms with Gasteiger partial charge in [0.2, 0.25) is 24.6 Å². The lowest BCUT2D eigenvalue weighted by atomic mass is 9.98. The molecule has 5 heterocycles. The highest BCUT2D eigenvalue weighted by Crippen LogP contribution is 2.44. The van der Waals surface area contributed by atoms with E-state index < -0.39 is 190 Å². The smallest absolute Gasteiger partial charge is 0.402 e. The zero-order chi connectivity index (χ0) is 61.8. The lowest BCUT2D eigenvalue weighted by Crippen LogP contribution is -2.64. The van der Waals surface area contributed by atoms with Crippen LogP contribution in [-0.4, -0.2) is 242 Å². The number of carbonyl (C=O) groups excluding carboxylic acids is 2. The number of aliphatic hydroxyl groups is 12. The second-order valence-electron chi connectivity index (χ2n) is 20.1. The summed E-state index contributed by atoms with van der Waals surface area (Å²) >= 11 is 0.